The number of nitrogens with zero attached hydrogens (tertiary/aromatic N) is 2. The number of rotatable bonds is 5. The minimum absolute atomic E-state index is 0.194. The summed E-state index contributed by atoms with van der Waals surface area (Å²) in [6.07, 6.45) is -1.17. The summed E-state index contributed by atoms with van der Waals surface area (Å²) in [5, 5.41) is 2.98. The van der Waals surface area contributed by atoms with E-state index in [4.69, 9.17) is 0 Å². The first kappa shape index (κ1) is 20.1. The fourth-order valence-electron chi connectivity index (χ4n) is 2.79. The molecular formula is C19H18F3N3O2S. The average Bonchev–Trinajstić information content (AvgIpc) is 2.98. The Kier molecular flexibility index (Phi) is 5.55. The molecule has 0 aliphatic heterocycles. The highest BCUT2D eigenvalue weighted by molar-refractivity contribution is 7.20. The van der Waals surface area contributed by atoms with Gasteiger partial charge in [0.1, 0.15) is 4.83 Å². The summed E-state index contributed by atoms with van der Waals surface area (Å²) in [7, 11) is 0. The van der Waals surface area contributed by atoms with E-state index in [1.807, 2.05) is 6.92 Å². The number of halogens is 3. The lowest BCUT2D eigenvalue weighted by Gasteiger charge is -2.08. The van der Waals surface area contributed by atoms with E-state index in [1.54, 1.807) is 6.92 Å². The first-order chi connectivity index (χ1) is 13.2. The van der Waals surface area contributed by atoms with Crippen molar-refractivity contribution in [1.29, 1.82) is 0 Å². The van der Waals surface area contributed by atoms with Gasteiger partial charge in [-0.05, 0) is 43.2 Å². The Hall–Kier alpha value is -2.68. The van der Waals surface area contributed by atoms with E-state index in [1.165, 1.54) is 23.0 Å². The second-order valence-electron chi connectivity index (χ2n) is 6.36. The minimum Gasteiger partial charge on any atom is -0.321 e. The van der Waals surface area contributed by atoms with Gasteiger partial charge in [-0.15, -0.1) is 11.3 Å². The normalized spacial score (nSPS) is 11.8. The number of fused-ring (bicyclic) bond motifs is 1. The zero-order valence-corrected chi connectivity index (χ0v) is 16.1. The molecule has 3 rings (SSSR count). The standard InChI is InChI=1S/C19H18F3N3O2S/c1-3-4-9-25-10-23-17-14(18(25)27)11(2)15(28-17)16(26)24-13-7-5-12(6-8-13)19(20,21)22/h5-8,10H,3-4,9H2,1-2H3,(H,24,26). The van der Waals surface area contributed by atoms with Crippen LogP contribution in [0.4, 0.5) is 18.9 Å². The SMILES string of the molecule is CCCCn1cnc2sc(C(=O)Nc3ccc(C(F)(F)F)cc3)c(C)c2c1=O. The van der Waals surface area contributed by atoms with Crippen molar-refractivity contribution >= 4 is 33.1 Å². The first-order valence-corrected chi connectivity index (χ1v) is 9.51. The van der Waals surface area contributed by atoms with Gasteiger partial charge in [-0.2, -0.15) is 13.2 Å². The predicted octanol–water partition coefficient (Wildman–Crippen LogP) is 4.84. The lowest BCUT2D eigenvalue weighted by atomic mass is 10.2. The van der Waals surface area contributed by atoms with Crippen molar-refractivity contribution in [2.45, 2.75) is 39.4 Å². The van der Waals surface area contributed by atoms with Gasteiger partial charge < -0.3 is 5.32 Å². The van der Waals surface area contributed by atoms with Crippen molar-refractivity contribution in [1.82, 2.24) is 9.55 Å². The summed E-state index contributed by atoms with van der Waals surface area (Å²) in [4.78, 5) is 30.3. The molecule has 28 heavy (non-hydrogen) atoms. The largest absolute Gasteiger partial charge is 0.416 e. The minimum atomic E-state index is -4.44. The van der Waals surface area contributed by atoms with Crippen LogP contribution in [0, 0.1) is 6.92 Å². The number of alkyl halides is 3. The smallest absolute Gasteiger partial charge is 0.321 e. The number of benzene rings is 1. The molecule has 3 aromatic rings. The van der Waals surface area contributed by atoms with Crippen molar-refractivity contribution in [3.8, 4) is 0 Å². The number of carbonyl (C=O) groups is 1. The Balaban J connectivity index is 1.89. The van der Waals surface area contributed by atoms with Crippen LogP contribution in [0.15, 0.2) is 35.4 Å². The van der Waals surface area contributed by atoms with Gasteiger partial charge in [-0.3, -0.25) is 14.2 Å². The van der Waals surface area contributed by atoms with E-state index in [2.05, 4.69) is 10.3 Å². The van der Waals surface area contributed by atoms with Crippen molar-refractivity contribution in [2.75, 3.05) is 5.32 Å². The molecule has 1 aromatic carbocycles. The molecule has 0 saturated carbocycles. The van der Waals surface area contributed by atoms with E-state index in [-0.39, 0.29) is 11.2 Å². The Morgan fingerprint density at radius 3 is 2.54 bits per heavy atom. The van der Waals surface area contributed by atoms with E-state index < -0.39 is 17.6 Å². The molecule has 0 radical (unpaired) electrons. The fourth-order valence-corrected chi connectivity index (χ4v) is 3.83. The number of aryl methyl sites for hydroxylation is 2. The zero-order chi connectivity index (χ0) is 20.5. The Morgan fingerprint density at radius 2 is 1.93 bits per heavy atom. The average molecular weight is 409 g/mol. The van der Waals surface area contributed by atoms with Crippen LogP contribution in [0.3, 0.4) is 0 Å². The monoisotopic (exact) mass is 409 g/mol. The van der Waals surface area contributed by atoms with Gasteiger partial charge in [0, 0.05) is 12.2 Å². The molecule has 0 spiro atoms. The lowest BCUT2D eigenvalue weighted by molar-refractivity contribution is -0.137. The molecule has 5 nitrogen and oxygen atoms in total. The predicted molar refractivity (Wildman–Crippen MR) is 103 cm³/mol. The molecule has 2 aromatic heterocycles. The summed E-state index contributed by atoms with van der Waals surface area (Å²) in [6.45, 7) is 4.25. The highest BCUT2D eigenvalue weighted by Crippen LogP contribution is 2.31. The van der Waals surface area contributed by atoms with E-state index in [9.17, 15) is 22.8 Å². The molecule has 0 aliphatic rings. The van der Waals surface area contributed by atoms with Gasteiger partial charge in [-0.1, -0.05) is 13.3 Å². The molecule has 0 saturated heterocycles. The maximum absolute atomic E-state index is 12.7. The maximum atomic E-state index is 12.7. The van der Waals surface area contributed by atoms with Crippen molar-refractivity contribution in [3.63, 3.8) is 0 Å². The highest BCUT2D eigenvalue weighted by Gasteiger charge is 2.30. The van der Waals surface area contributed by atoms with Crippen LogP contribution in [-0.4, -0.2) is 15.5 Å². The van der Waals surface area contributed by atoms with Crippen LogP contribution >= 0.6 is 11.3 Å². The molecule has 2 heterocycles. The summed E-state index contributed by atoms with van der Waals surface area (Å²) < 4.78 is 39.5. The number of anilines is 1. The van der Waals surface area contributed by atoms with Gasteiger partial charge in [0.15, 0.2) is 0 Å². The quantitative estimate of drug-likeness (QED) is 0.656. The molecule has 0 aliphatic carbocycles. The summed E-state index contributed by atoms with van der Waals surface area (Å²) in [5.74, 6) is -0.486. The zero-order valence-electron chi connectivity index (χ0n) is 15.3. The van der Waals surface area contributed by atoms with Gasteiger partial charge in [-0.25, -0.2) is 4.98 Å². The molecular weight excluding hydrogens is 391 g/mol. The van der Waals surface area contributed by atoms with Crippen LogP contribution in [0.5, 0.6) is 0 Å². The molecule has 0 bridgehead atoms. The number of nitrogens with one attached hydrogen (secondary N) is 1. The number of thiophene rings is 1. The lowest BCUT2D eigenvalue weighted by Crippen LogP contribution is -2.20. The van der Waals surface area contributed by atoms with Crippen LogP contribution in [0.2, 0.25) is 0 Å². The number of hydrogen-bond acceptors (Lipinski definition) is 4. The topological polar surface area (TPSA) is 64.0 Å². The molecule has 148 valence electrons. The van der Waals surface area contributed by atoms with Gasteiger partial charge in [0.25, 0.3) is 11.5 Å². The first-order valence-electron chi connectivity index (χ1n) is 8.69. The van der Waals surface area contributed by atoms with Crippen molar-refractivity contribution in [3.05, 3.63) is 57.0 Å². The number of amides is 1. The molecule has 0 unspecified atom stereocenters. The van der Waals surface area contributed by atoms with E-state index in [0.717, 1.165) is 36.3 Å². The van der Waals surface area contributed by atoms with Gasteiger partial charge >= 0.3 is 6.18 Å². The number of unbranched alkanes of at least 4 members (excludes halogenated alkanes) is 1. The Bertz CT molecular complexity index is 1070. The Morgan fingerprint density at radius 1 is 1.25 bits per heavy atom. The third-order valence-corrected chi connectivity index (χ3v) is 5.54. The summed E-state index contributed by atoms with van der Waals surface area (Å²) >= 11 is 1.09. The third kappa shape index (κ3) is 3.94. The van der Waals surface area contributed by atoms with Crippen molar-refractivity contribution in [2.24, 2.45) is 0 Å². The summed E-state index contributed by atoms with van der Waals surface area (Å²) in [5.41, 5.74) is -0.225. The summed E-state index contributed by atoms with van der Waals surface area (Å²) in [6, 6.07) is 4.20. The highest BCUT2D eigenvalue weighted by atomic mass is 32.1. The fraction of sp³-hybridized carbons (Fsp3) is 0.316. The van der Waals surface area contributed by atoms with Crippen LogP contribution in [-0.2, 0) is 12.7 Å². The maximum Gasteiger partial charge on any atom is 0.416 e. The van der Waals surface area contributed by atoms with E-state index >= 15 is 0 Å². The van der Waals surface area contributed by atoms with Crippen LogP contribution in [0.25, 0.3) is 10.2 Å². The number of hydrogen-bond donors (Lipinski definition) is 1. The van der Waals surface area contributed by atoms with Gasteiger partial charge in [0.2, 0.25) is 0 Å². The van der Waals surface area contributed by atoms with Crippen molar-refractivity contribution < 1.29 is 18.0 Å². The number of carbonyl (C=O) groups excluding carboxylic acids is 1. The molecule has 0 atom stereocenters. The third-order valence-electron chi connectivity index (χ3n) is 4.35. The second-order valence-corrected chi connectivity index (χ2v) is 7.36. The van der Waals surface area contributed by atoms with Gasteiger partial charge in [0.05, 0.1) is 22.2 Å². The second kappa shape index (κ2) is 7.75. The van der Waals surface area contributed by atoms with Crippen LogP contribution in [0.1, 0.15) is 40.6 Å². The Labute approximate surface area is 162 Å². The van der Waals surface area contributed by atoms with E-state index in [0.29, 0.717) is 27.2 Å². The molecule has 0 fully saturated rings. The molecule has 1 N–H and O–H groups in total. The molecule has 1 amide bonds. The molecule has 9 heteroatoms. The van der Waals surface area contributed by atoms with Crippen LogP contribution < -0.4 is 10.9 Å². The number of aromatic nitrogens is 2.